The molecule has 108 valence electrons. The van der Waals surface area contributed by atoms with E-state index in [-0.39, 0.29) is 11.7 Å². The van der Waals surface area contributed by atoms with E-state index >= 15 is 0 Å². The third-order valence-corrected chi connectivity index (χ3v) is 4.22. The standard InChI is InChI=1S/C15H19NO3S/c1-2-14(17)12-3-5-13(6-4-12)20-11-15(18)16-7-9-19-10-8-16/h3-6H,2,7-11H2,1H3. The Labute approximate surface area is 123 Å². The van der Waals surface area contributed by atoms with Crippen molar-refractivity contribution < 1.29 is 14.3 Å². The molecule has 4 nitrogen and oxygen atoms in total. The number of amides is 1. The van der Waals surface area contributed by atoms with Gasteiger partial charge in [0.25, 0.3) is 0 Å². The Morgan fingerprint density at radius 2 is 1.85 bits per heavy atom. The van der Waals surface area contributed by atoms with Crippen molar-refractivity contribution in [1.82, 2.24) is 4.90 Å². The molecule has 1 fully saturated rings. The number of hydrogen-bond donors (Lipinski definition) is 0. The summed E-state index contributed by atoms with van der Waals surface area (Å²) in [6.45, 7) is 4.48. The lowest BCUT2D eigenvalue weighted by molar-refractivity contribution is -0.132. The maximum absolute atomic E-state index is 12.0. The molecule has 0 radical (unpaired) electrons. The first-order valence-corrected chi connectivity index (χ1v) is 7.81. The van der Waals surface area contributed by atoms with E-state index in [1.807, 2.05) is 36.1 Å². The van der Waals surface area contributed by atoms with Crippen LogP contribution in [-0.4, -0.2) is 48.6 Å². The lowest BCUT2D eigenvalue weighted by atomic mass is 10.1. The lowest BCUT2D eigenvalue weighted by Crippen LogP contribution is -2.41. The van der Waals surface area contributed by atoms with E-state index in [0.717, 1.165) is 10.5 Å². The van der Waals surface area contributed by atoms with Gasteiger partial charge in [-0.3, -0.25) is 9.59 Å². The van der Waals surface area contributed by atoms with Crippen molar-refractivity contribution in [3.63, 3.8) is 0 Å². The fraction of sp³-hybridized carbons (Fsp3) is 0.467. The average molecular weight is 293 g/mol. The SMILES string of the molecule is CCC(=O)c1ccc(SCC(=O)N2CCOCC2)cc1. The quantitative estimate of drug-likeness (QED) is 0.617. The van der Waals surface area contributed by atoms with Gasteiger partial charge in [-0.25, -0.2) is 0 Å². The molecule has 1 aliphatic rings. The Morgan fingerprint density at radius 3 is 2.45 bits per heavy atom. The molecule has 0 spiro atoms. The number of Topliss-reactive ketones (excluding diaryl/α,β-unsaturated/α-hetero) is 1. The van der Waals surface area contributed by atoms with Crippen LogP contribution in [0.2, 0.25) is 0 Å². The van der Waals surface area contributed by atoms with E-state index in [0.29, 0.717) is 38.5 Å². The first-order valence-electron chi connectivity index (χ1n) is 6.82. The van der Waals surface area contributed by atoms with E-state index < -0.39 is 0 Å². The number of benzene rings is 1. The number of carbonyl (C=O) groups excluding carboxylic acids is 2. The van der Waals surface area contributed by atoms with Crippen molar-refractivity contribution in [3.05, 3.63) is 29.8 Å². The van der Waals surface area contributed by atoms with Crippen LogP contribution >= 0.6 is 11.8 Å². The molecule has 0 saturated carbocycles. The second-order valence-corrected chi connectivity index (χ2v) is 5.63. The van der Waals surface area contributed by atoms with E-state index in [9.17, 15) is 9.59 Å². The average Bonchev–Trinajstić information content (AvgIpc) is 2.53. The van der Waals surface area contributed by atoms with Crippen LogP contribution in [0.5, 0.6) is 0 Å². The summed E-state index contributed by atoms with van der Waals surface area (Å²) >= 11 is 1.51. The Bertz CT molecular complexity index is 467. The van der Waals surface area contributed by atoms with Crippen LogP contribution in [0.15, 0.2) is 29.2 Å². The maximum atomic E-state index is 12.0. The molecule has 2 rings (SSSR count). The van der Waals surface area contributed by atoms with E-state index in [1.54, 1.807) is 0 Å². The number of morpholine rings is 1. The molecule has 0 aliphatic carbocycles. The normalized spacial score (nSPS) is 15.2. The van der Waals surface area contributed by atoms with E-state index in [2.05, 4.69) is 0 Å². The van der Waals surface area contributed by atoms with Gasteiger partial charge in [0.05, 0.1) is 19.0 Å². The second kappa shape index (κ2) is 7.45. The minimum atomic E-state index is 0.144. The van der Waals surface area contributed by atoms with Gasteiger partial charge >= 0.3 is 0 Å². The third-order valence-electron chi connectivity index (χ3n) is 3.22. The Hall–Kier alpha value is -1.33. The largest absolute Gasteiger partial charge is 0.378 e. The summed E-state index contributed by atoms with van der Waals surface area (Å²) in [5.74, 6) is 0.721. The van der Waals surface area contributed by atoms with Crippen LogP contribution in [0.3, 0.4) is 0 Å². The van der Waals surface area contributed by atoms with Crippen LogP contribution in [0.1, 0.15) is 23.7 Å². The number of rotatable bonds is 5. The third kappa shape index (κ3) is 4.08. The highest BCUT2D eigenvalue weighted by atomic mass is 32.2. The summed E-state index contributed by atoms with van der Waals surface area (Å²) in [5, 5.41) is 0. The van der Waals surface area contributed by atoms with Gasteiger partial charge in [0.2, 0.25) is 5.91 Å². The molecule has 5 heteroatoms. The summed E-state index contributed by atoms with van der Waals surface area (Å²) in [4.78, 5) is 26.4. The highest BCUT2D eigenvalue weighted by Crippen LogP contribution is 2.19. The van der Waals surface area contributed by atoms with Crippen LogP contribution in [0, 0.1) is 0 Å². The van der Waals surface area contributed by atoms with Gasteiger partial charge in [-0.05, 0) is 12.1 Å². The van der Waals surface area contributed by atoms with Crippen LogP contribution in [0.25, 0.3) is 0 Å². The summed E-state index contributed by atoms with van der Waals surface area (Å²) in [7, 11) is 0. The number of ether oxygens (including phenoxy) is 1. The Morgan fingerprint density at radius 1 is 1.20 bits per heavy atom. The van der Waals surface area contributed by atoms with Crippen molar-refractivity contribution in [2.45, 2.75) is 18.2 Å². The molecular weight excluding hydrogens is 274 g/mol. The molecule has 1 heterocycles. The summed E-state index contributed by atoms with van der Waals surface area (Å²) < 4.78 is 5.23. The maximum Gasteiger partial charge on any atom is 0.233 e. The van der Waals surface area contributed by atoms with E-state index in [4.69, 9.17) is 4.74 Å². The molecule has 20 heavy (non-hydrogen) atoms. The minimum absolute atomic E-state index is 0.144. The topological polar surface area (TPSA) is 46.6 Å². The molecule has 1 aliphatic heterocycles. The fourth-order valence-electron chi connectivity index (χ4n) is 1.99. The summed E-state index contributed by atoms with van der Waals surface area (Å²) in [5.41, 5.74) is 0.733. The van der Waals surface area contributed by atoms with Gasteiger partial charge in [-0.1, -0.05) is 19.1 Å². The molecule has 0 N–H and O–H groups in total. The molecule has 0 atom stereocenters. The second-order valence-electron chi connectivity index (χ2n) is 4.58. The number of hydrogen-bond acceptors (Lipinski definition) is 4. The number of nitrogens with zero attached hydrogens (tertiary/aromatic N) is 1. The van der Waals surface area contributed by atoms with Crippen molar-refractivity contribution in [2.24, 2.45) is 0 Å². The zero-order valence-electron chi connectivity index (χ0n) is 11.6. The number of carbonyl (C=O) groups is 2. The zero-order valence-corrected chi connectivity index (χ0v) is 12.4. The van der Waals surface area contributed by atoms with Crippen LogP contribution < -0.4 is 0 Å². The predicted octanol–water partition coefficient (Wildman–Crippen LogP) is 2.23. The van der Waals surface area contributed by atoms with Gasteiger partial charge in [0.1, 0.15) is 0 Å². The summed E-state index contributed by atoms with van der Waals surface area (Å²) in [6, 6.07) is 7.46. The summed E-state index contributed by atoms with van der Waals surface area (Å²) in [6.07, 6.45) is 0.516. The van der Waals surface area contributed by atoms with Crippen molar-refractivity contribution in [1.29, 1.82) is 0 Å². The first kappa shape index (κ1) is 15.1. The van der Waals surface area contributed by atoms with Crippen LogP contribution in [0.4, 0.5) is 0 Å². The molecule has 0 bridgehead atoms. The van der Waals surface area contributed by atoms with Gasteiger partial charge < -0.3 is 9.64 Å². The fourth-order valence-corrected chi connectivity index (χ4v) is 2.79. The molecular formula is C15H19NO3S. The lowest BCUT2D eigenvalue weighted by Gasteiger charge is -2.26. The minimum Gasteiger partial charge on any atom is -0.378 e. The van der Waals surface area contributed by atoms with Gasteiger partial charge in [-0.2, -0.15) is 0 Å². The monoisotopic (exact) mass is 293 g/mol. The van der Waals surface area contributed by atoms with Crippen LogP contribution in [-0.2, 0) is 9.53 Å². The molecule has 1 saturated heterocycles. The van der Waals surface area contributed by atoms with Crippen molar-refractivity contribution in [2.75, 3.05) is 32.1 Å². The smallest absolute Gasteiger partial charge is 0.233 e. The van der Waals surface area contributed by atoms with Crippen molar-refractivity contribution in [3.8, 4) is 0 Å². The Kier molecular flexibility index (Phi) is 5.61. The molecule has 1 amide bonds. The number of thioether (sulfide) groups is 1. The molecule has 1 aromatic rings. The van der Waals surface area contributed by atoms with Gasteiger partial charge in [0, 0.05) is 30.0 Å². The Balaban J connectivity index is 1.84. The van der Waals surface area contributed by atoms with Gasteiger partial charge in [-0.15, -0.1) is 11.8 Å². The predicted molar refractivity (Wildman–Crippen MR) is 79.2 cm³/mol. The zero-order chi connectivity index (χ0) is 14.4. The van der Waals surface area contributed by atoms with Crippen molar-refractivity contribution >= 4 is 23.5 Å². The highest BCUT2D eigenvalue weighted by Gasteiger charge is 2.16. The molecule has 1 aromatic carbocycles. The van der Waals surface area contributed by atoms with E-state index in [1.165, 1.54) is 11.8 Å². The highest BCUT2D eigenvalue weighted by molar-refractivity contribution is 8.00. The number of ketones is 1. The van der Waals surface area contributed by atoms with Gasteiger partial charge in [0.15, 0.2) is 5.78 Å². The molecule has 0 aromatic heterocycles. The molecule has 0 unspecified atom stereocenters. The first-order chi connectivity index (χ1) is 9.70.